The molecule has 1 aromatic heterocycles. The van der Waals surface area contributed by atoms with E-state index in [0.717, 1.165) is 26.5 Å². The summed E-state index contributed by atoms with van der Waals surface area (Å²) >= 11 is 1.61. The third kappa shape index (κ3) is 3.63. The van der Waals surface area contributed by atoms with Crippen LogP contribution in [0.3, 0.4) is 0 Å². The van der Waals surface area contributed by atoms with Crippen molar-refractivity contribution in [3.05, 3.63) is 65.2 Å². The fourth-order valence-electron chi connectivity index (χ4n) is 2.36. The minimum absolute atomic E-state index is 0.0693. The van der Waals surface area contributed by atoms with Gasteiger partial charge in [0.05, 0.1) is 23.9 Å². The highest BCUT2D eigenvalue weighted by atomic mass is 32.1. The molecule has 0 spiro atoms. The average molecular weight is 338 g/mol. The number of fused-ring (bicyclic) bond motifs is 1. The molecule has 0 aliphatic carbocycles. The van der Waals surface area contributed by atoms with Crippen LogP contribution in [0.1, 0.15) is 10.6 Å². The van der Waals surface area contributed by atoms with Crippen LogP contribution in [-0.4, -0.2) is 29.9 Å². The van der Waals surface area contributed by atoms with Crippen LogP contribution in [0.5, 0.6) is 5.75 Å². The molecule has 0 aliphatic rings. The molecule has 1 amide bonds. The van der Waals surface area contributed by atoms with E-state index in [4.69, 9.17) is 4.74 Å². The number of ether oxygens (including phenoxy) is 1. The van der Waals surface area contributed by atoms with Gasteiger partial charge < -0.3 is 9.64 Å². The Kier molecular flexibility index (Phi) is 4.91. The van der Waals surface area contributed by atoms with Crippen LogP contribution in [0.15, 0.2) is 54.6 Å². The molecule has 122 valence electrons. The maximum Gasteiger partial charge on any atom is 0.246 e. The van der Waals surface area contributed by atoms with Crippen molar-refractivity contribution in [2.75, 3.05) is 14.2 Å². The number of likely N-dealkylation sites (N-methyl/N-ethyl adjacent to an activating group) is 1. The van der Waals surface area contributed by atoms with E-state index in [1.807, 2.05) is 48.5 Å². The quantitative estimate of drug-likeness (QED) is 0.661. The Hall–Kier alpha value is -2.66. The molecule has 0 fully saturated rings. The van der Waals surface area contributed by atoms with Crippen molar-refractivity contribution < 1.29 is 9.53 Å². The molecule has 0 N–H and O–H groups in total. The zero-order chi connectivity index (χ0) is 16.9. The van der Waals surface area contributed by atoms with E-state index < -0.39 is 0 Å². The number of thiazole rings is 1. The smallest absolute Gasteiger partial charge is 0.246 e. The summed E-state index contributed by atoms with van der Waals surface area (Å²) in [6.07, 6.45) is 3.33. The van der Waals surface area contributed by atoms with Crippen molar-refractivity contribution >= 4 is 33.5 Å². The summed E-state index contributed by atoms with van der Waals surface area (Å²) in [6.45, 7) is 0.494. The van der Waals surface area contributed by atoms with Gasteiger partial charge >= 0.3 is 0 Å². The zero-order valence-corrected chi connectivity index (χ0v) is 14.4. The molecule has 0 unspecified atom stereocenters. The van der Waals surface area contributed by atoms with Crippen molar-refractivity contribution in [2.45, 2.75) is 6.54 Å². The Balaban J connectivity index is 1.69. The van der Waals surface area contributed by atoms with Crippen molar-refractivity contribution in [1.29, 1.82) is 0 Å². The number of nitrogens with zero attached hydrogens (tertiary/aromatic N) is 2. The van der Waals surface area contributed by atoms with Crippen LogP contribution in [-0.2, 0) is 11.3 Å². The molecular weight excluding hydrogens is 320 g/mol. The summed E-state index contributed by atoms with van der Waals surface area (Å²) in [4.78, 5) is 18.5. The van der Waals surface area contributed by atoms with E-state index in [1.54, 1.807) is 42.5 Å². The molecule has 0 bridgehead atoms. The summed E-state index contributed by atoms with van der Waals surface area (Å²) < 4.78 is 6.42. The number of benzene rings is 2. The Morgan fingerprint density at radius 2 is 1.96 bits per heavy atom. The standard InChI is InChI=1S/C19H18N2O2S/c1-21(13-18-20-15-8-4-6-10-17(15)24-18)19(22)12-11-14-7-3-5-9-16(14)23-2/h3-12H,13H2,1-2H3. The summed E-state index contributed by atoms with van der Waals surface area (Å²) in [5.74, 6) is 0.676. The molecule has 3 aromatic rings. The van der Waals surface area contributed by atoms with E-state index in [1.165, 1.54) is 0 Å². The first-order chi connectivity index (χ1) is 11.7. The molecule has 2 aromatic carbocycles. The fraction of sp³-hybridized carbons (Fsp3) is 0.158. The summed E-state index contributed by atoms with van der Waals surface area (Å²) in [5, 5.41) is 0.928. The zero-order valence-electron chi connectivity index (χ0n) is 13.6. The normalized spacial score (nSPS) is 11.1. The van der Waals surface area contributed by atoms with Crippen LogP contribution in [0.2, 0.25) is 0 Å². The lowest BCUT2D eigenvalue weighted by Gasteiger charge is -2.13. The van der Waals surface area contributed by atoms with Crippen LogP contribution in [0, 0.1) is 0 Å². The van der Waals surface area contributed by atoms with E-state index >= 15 is 0 Å². The molecule has 4 nitrogen and oxygen atoms in total. The Bertz CT molecular complexity index is 853. The maximum absolute atomic E-state index is 12.3. The van der Waals surface area contributed by atoms with Gasteiger partial charge in [-0.3, -0.25) is 4.79 Å². The summed E-state index contributed by atoms with van der Waals surface area (Å²) in [6, 6.07) is 15.6. The number of methoxy groups -OCH3 is 1. The van der Waals surface area contributed by atoms with Gasteiger partial charge in [0.2, 0.25) is 5.91 Å². The lowest BCUT2D eigenvalue weighted by molar-refractivity contribution is -0.125. The molecule has 0 aliphatic heterocycles. The number of para-hydroxylation sites is 2. The molecule has 0 saturated heterocycles. The minimum Gasteiger partial charge on any atom is -0.496 e. The molecule has 3 rings (SSSR count). The van der Waals surface area contributed by atoms with Gasteiger partial charge in [0.15, 0.2) is 0 Å². The molecule has 24 heavy (non-hydrogen) atoms. The first kappa shape index (κ1) is 16.2. The van der Waals surface area contributed by atoms with Gasteiger partial charge in [-0.05, 0) is 24.3 Å². The first-order valence-electron chi connectivity index (χ1n) is 7.58. The van der Waals surface area contributed by atoms with Crippen molar-refractivity contribution in [2.24, 2.45) is 0 Å². The van der Waals surface area contributed by atoms with Crippen LogP contribution in [0.25, 0.3) is 16.3 Å². The maximum atomic E-state index is 12.3. The average Bonchev–Trinajstić information content (AvgIpc) is 3.02. The van der Waals surface area contributed by atoms with Gasteiger partial charge in [0.25, 0.3) is 0 Å². The predicted molar refractivity (Wildman–Crippen MR) is 98.1 cm³/mol. The second kappa shape index (κ2) is 7.27. The monoisotopic (exact) mass is 338 g/mol. The van der Waals surface area contributed by atoms with Gasteiger partial charge in [-0.15, -0.1) is 11.3 Å². The molecule has 0 radical (unpaired) electrons. The van der Waals surface area contributed by atoms with Gasteiger partial charge in [0, 0.05) is 18.7 Å². The second-order valence-corrected chi connectivity index (χ2v) is 6.46. The Morgan fingerprint density at radius 3 is 2.75 bits per heavy atom. The number of hydrogen-bond acceptors (Lipinski definition) is 4. The third-order valence-electron chi connectivity index (χ3n) is 3.63. The highest BCUT2D eigenvalue weighted by molar-refractivity contribution is 7.18. The van der Waals surface area contributed by atoms with Crippen molar-refractivity contribution in [3.8, 4) is 5.75 Å². The van der Waals surface area contributed by atoms with E-state index in [0.29, 0.717) is 6.54 Å². The summed E-state index contributed by atoms with van der Waals surface area (Å²) in [7, 11) is 3.40. The van der Waals surface area contributed by atoms with Gasteiger partial charge in [-0.25, -0.2) is 4.98 Å². The molecule has 0 saturated carbocycles. The predicted octanol–water partition coefficient (Wildman–Crippen LogP) is 3.98. The topological polar surface area (TPSA) is 42.4 Å². The van der Waals surface area contributed by atoms with Crippen molar-refractivity contribution in [1.82, 2.24) is 9.88 Å². The molecule has 1 heterocycles. The van der Waals surface area contributed by atoms with Crippen LogP contribution < -0.4 is 4.74 Å². The Morgan fingerprint density at radius 1 is 1.21 bits per heavy atom. The highest BCUT2D eigenvalue weighted by Gasteiger charge is 2.10. The summed E-state index contributed by atoms with van der Waals surface area (Å²) in [5.41, 5.74) is 1.85. The van der Waals surface area contributed by atoms with E-state index in [9.17, 15) is 4.79 Å². The number of carbonyl (C=O) groups is 1. The van der Waals surface area contributed by atoms with Crippen molar-refractivity contribution in [3.63, 3.8) is 0 Å². The molecule has 5 heteroatoms. The SMILES string of the molecule is COc1ccccc1C=CC(=O)N(C)Cc1nc2ccccc2s1. The van der Waals surface area contributed by atoms with E-state index in [2.05, 4.69) is 4.98 Å². The molecular formula is C19H18N2O2S. The fourth-order valence-corrected chi connectivity index (χ4v) is 3.38. The van der Waals surface area contributed by atoms with Gasteiger partial charge in [-0.2, -0.15) is 0 Å². The number of amides is 1. The Labute approximate surface area is 145 Å². The van der Waals surface area contributed by atoms with Crippen LogP contribution >= 0.6 is 11.3 Å². The highest BCUT2D eigenvalue weighted by Crippen LogP contribution is 2.22. The largest absolute Gasteiger partial charge is 0.496 e. The first-order valence-corrected chi connectivity index (χ1v) is 8.39. The third-order valence-corrected chi connectivity index (χ3v) is 4.65. The lowest BCUT2D eigenvalue weighted by atomic mass is 10.2. The van der Waals surface area contributed by atoms with Crippen LogP contribution in [0.4, 0.5) is 0 Å². The molecule has 0 atom stereocenters. The minimum atomic E-state index is -0.0693. The number of hydrogen-bond donors (Lipinski definition) is 0. The van der Waals surface area contributed by atoms with E-state index in [-0.39, 0.29) is 5.91 Å². The van der Waals surface area contributed by atoms with Gasteiger partial charge in [0.1, 0.15) is 10.8 Å². The lowest BCUT2D eigenvalue weighted by Crippen LogP contribution is -2.23. The number of rotatable bonds is 5. The second-order valence-electron chi connectivity index (χ2n) is 5.34. The number of aromatic nitrogens is 1. The number of carbonyl (C=O) groups excluding carboxylic acids is 1. The van der Waals surface area contributed by atoms with Gasteiger partial charge in [-0.1, -0.05) is 30.3 Å².